The first-order chi connectivity index (χ1) is 11.5. The summed E-state index contributed by atoms with van der Waals surface area (Å²) >= 11 is 0. The molecule has 0 saturated carbocycles. The number of hydrogen-bond acceptors (Lipinski definition) is 4. The smallest absolute Gasteiger partial charge is 0.247 e. The third kappa shape index (κ3) is 2.97. The summed E-state index contributed by atoms with van der Waals surface area (Å²) in [5.74, 6) is 1.06. The predicted molar refractivity (Wildman–Crippen MR) is 90.2 cm³/mol. The van der Waals surface area contributed by atoms with Crippen molar-refractivity contribution < 1.29 is 14.3 Å². The largest absolute Gasteiger partial charge is 0.497 e. The van der Waals surface area contributed by atoms with Gasteiger partial charge in [0.05, 0.1) is 19.3 Å². The van der Waals surface area contributed by atoms with E-state index >= 15 is 0 Å². The number of ether oxygens (including phenoxy) is 1. The molecule has 2 aromatic rings. The number of benzene rings is 1. The van der Waals surface area contributed by atoms with Crippen molar-refractivity contribution in [3.05, 3.63) is 36.0 Å². The van der Waals surface area contributed by atoms with E-state index in [-0.39, 0.29) is 11.8 Å². The summed E-state index contributed by atoms with van der Waals surface area (Å²) in [7, 11) is 1.59. The maximum atomic E-state index is 12.6. The number of nitrogens with one attached hydrogen (secondary N) is 1. The molecular weight excluding hydrogens is 308 g/mol. The molecular formula is C17H20N4O3. The molecule has 1 aromatic carbocycles. The first-order valence-corrected chi connectivity index (χ1v) is 7.81. The molecule has 1 aliphatic heterocycles. The minimum atomic E-state index is -0.630. The summed E-state index contributed by atoms with van der Waals surface area (Å²) in [6, 6.07) is 8.25. The lowest BCUT2D eigenvalue weighted by molar-refractivity contribution is -0.124. The number of methoxy groups -OCH3 is 1. The molecule has 2 amide bonds. The van der Waals surface area contributed by atoms with Crippen LogP contribution in [0.2, 0.25) is 0 Å². The van der Waals surface area contributed by atoms with Crippen LogP contribution in [0.15, 0.2) is 30.3 Å². The second-order valence-electron chi connectivity index (χ2n) is 5.77. The molecule has 24 heavy (non-hydrogen) atoms. The van der Waals surface area contributed by atoms with Crippen LogP contribution in [-0.4, -0.2) is 34.7 Å². The molecule has 1 atom stereocenters. The lowest BCUT2D eigenvalue weighted by Gasteiger charge is -2.31. The van der Waals surface area contributed by atoms with Gasteiger partial charge in [0, 0.05) is 18.2 Å². The summed E-state index contributed by atoms with van der Waals surface area (Å²) in [5, 5.41) is 7.19. The number of rotatable bonds is 4. The molecule has 7 heteroatoms. The van der Waals surface area contributed by atoms with Crippen LogP contribution in [0.25, 0.3) is 0 Å². The molecule has 0 saturated heterocycles. The number of amides is 2. The predicted octanol–water partition coefficient (Wildman–Crippen LogP) is 1.96. The number of carbonyl (C=O) groups excluding carboxylic acids is 2. The number of hydrogen-bond donors (Lipinski definition) is 1. The molecule has 1 aromatic heterocycles. The summed E-state index contributed by atoms with van der Waals surface area (Å²) < 4.78 is 6.87. The summed E-state index contributed by atoms with van der Waals surface area (Å²) in [6.45, 7) is 4.14. The molecule has 0 fully saturated rings. The molecule has 2 heterocycles. The van der Waals surface area contributed by atoms with Gasteiger partial charge in [-0.3, -0.25) is 14.5 Å². The van der Waals surface area contributed by atoms with Crippen molar-refractivity contribution in [3.63, 3.8) is 0 Å². The van der Waals surface area contributed by atoms with Crippen molar-refractivity contribution in [2.75, 3.05) is 17.3 Å². The van der Waals surface area contributed by atoms with E-state index in [4.69, 9.17) is 4.74 Å². The van der Waals surface area contributed by atoms with Gasteiger partial charge in [0.15, 0.2) is 0 Å². The van der Waals surface area contributed by atoms with E-state index in [1.807, 2.05) is 13.0 Å². The summed E-state index contributed by atoms with van der Waals surface area (Å²) in [6.07, 6.45) is 0.342. The molecule has 7 nitrogen and oxygen atoms in total. The number of aryl methyl sites for hydroxylation is 2. The zero-order valence-corrected chi connectivity index (χ0v) is 13.9. The molecule has 0 bridgehead atoms. The molecule has 0 radical (unpaired) electrons. The highest BCUT2D eigenvalue weighted by molar-refractivity contribution is 6.04. The van der Waals surface area contributed by atoms with E-state index in [1.165, 1.54) is 4.90 Å². The van der Waals surface area contributed by atoms with Crippen molar-refractivity contribution in [2.24, 2.45) is 0 Å². The van der Waals surface area contributed by atoms with Crippen LogP contribution in [0, 0.1) is 6.92 Å². The molecule has 0 aliphatic carbocycles. The topological polar surface area (TPSA) is 76.5 Å². The van der Waals surface area contributed by atoms with Crippen LogP contribution in [0.3, 0.4) is 0 Å². The second-order valence-corrected chi connectivity index (χ2v) is 5.77. The Morgan fingerprint density at radius 1 is 1.33 bits per heavy atom. The Balaban J connectivity index is 1.78. The van der Waals surface area contributed by atoms with Gasteiger partial charge in [-0.2, -0.15) is 5.10 Å². The van der Waals surface area contributed by atoms with Gasteiger partial charge >= 0.3 is 0 Å². The average Bonchev–Trinajstić information content (AvgIpc) is 2.95. The molecule has 0 unspecified atom stereocenters. The Hall–Kier alpha value is -2.83. The van der Waals surface area contributed by atoms with Crippen molar-refractivity contribution in [1.82, 2.24) is 9.78 Å². The van der Waals surface area contributed by atoms with Gasteiger partial charge in [0.2, 0.25) is 11.8 Å². The number of carbonyl (C=O) groups is 2. The normalized spacial score (nSPS) is 15.0. The number of anilines is 2. The van der Waals surface area contributed by atoms with Crippen LogP contribution in [0.5, 0.6) is 5.75 Å². The Kier molecular flexibility index (Phi) is 4.24. The lowest BCUT2D eigenvalue weighted by atomic mass is 10.2. The first-order valence-electron chi connectivity index (χ1n) is 7.81. The number of aromatic nitrogens is 2. The van der Waals surface area contributed by atoms with Gasteiger partial charge in [0.1, 0.15) is 17.6 Å². The molecule has 126 valence electrons. The van der Waals surface area contributed by atoms with E-state index in [1.54, 1.807) is 43.0 Å². The molecule has 1 aliphatic rings. The zero-order valence-electron chi connectivity index (χ0n) is 13.9. The molecule has 0 spiro atoms. The van der Waals surface area contributed by atoms with Crippen LogP contribution in [-0.2, 0) is 16.1 Å². The maximum Gasteiger partial charge on any atom is 0.247 e. The van der Waals surface area contributed by atoms with E-state index in [0.29, 0.717) is 30.2 Å². The van der Waals surface area contributed by atoms with Crippen LogP contribution >= 0.6 is 0 Å². The van der Waals surface area contributed by atoms with Gasteiger partial charge < -0.3 is 10.1 Å². The number of fused-ring (bicyclic) bond motifs is 1. The SMILES string of the molecule is COc1ccc(NC(=O)[C@H](C)N2C(=O)CCn3nc(C)cc32)cc1. The highest BCUT2D eigenvalue weighted by Gasteiger charge is 2.33. The fourth-order valence-corrected chi connectivity index (χ4v) is 2.79. The van der Waals surface area contributed by atoms with Crippen LogP contribution in [0.1, 0.15) is 19.0 Å². The van der Waals surface area contributed by atoms with Crippen LogP contribution < -0.4 is 15.0 Å². The lowest BCUT2D eigenvalue weighted by Crippen LogP contribution is -2.49. The van der Waals surface area contributed by atoms with Crippen molar-refractivity contribution in [2.45, 2.75) is 32.9 Å². The first kappa shape index (κ1) is 16.0. The van der Waals surface area contributed by atoms with Gasteiger partial charge in [-0.25, -0.2) is 4.68 Å². The summed E-state index contributed by atoms with van der Waals surface area (Å²) in [4.78, 5) is 26.4. The fourth-order valence-electron chi connectivity index (χ4n) is 2.79. The highest BCUT2D eigenvalue weighted by Crippen LogP contribution is 2.25. The molecule has 1 N–H and O–H groups in total. The standard InChI is InChI=1S/C17H20N4O3/c1-11-10-15-20(19-11)9-8-16(22)21(15)12(2)17(23)18-13-4-6-14(24-3)7-5-13/h4-7,10,12H,8-9H2,1-3H3,(H,18,23)/t12-/m0/s1. The third-order valence-corrected chi connectivity index (χ3v) is 4.06. The Morgan fingerprint density at radius 3 is 2.71 bits per heavy atom. The Bertz CT molecular complexity index is 767. The molecule has 3 rings (SSSR count). The Labute approximate surface area is 140 Å². The third-order valence-electron chi connectivity index (χ3n) is 4.06. The minimum Gasteiger partial charge on any atom is -0.497 e. The Morgan fingerprint density at radius 2 is 2.04 bits per heavy atom. The minimum absolute atomic E-state index is 0.0696. The highest BCUT2D eigenvalue weighted by atomic mass is 16.5. The van der Waals surface area contributed by atoms with E-state index in [0.717, 1.165) is 5.69 Å². The monoisotopic (exact) mass is 328 g/mol. The van der Waals surface area contributed by atoms with Gasteiger partial charge in [-0.1, -0.05) is 0 Å². The fraction of sp³-hybridized carbons (Fsp3) is 0.353. The van der Waals surface area contributed by atoms with Gasteiger partial charge in [0.25, 0.3) is 0 Å². The van der Waals surface area contributed by atoms with Crippen LogP contribution in [0.4, 0.5) is 11.5 Å². The zero-order chi connectivity index (χ0) is 17.3. The van der Waals surface area contributed by atoms with Gasteiger partial charge in [-0.15, -0.1) is 0 Å². The summed E-state index contributed by atoms with van der Waals surface area (Å²) in [5.41, 5.74) is 1.48. The maximum absolute atomic E-state index is 12.6. The van der Waals surface area contributed by atoms with E-state index in [9.17, 15) is 9.59 Å². The average molecular weight is 328 g/mol. The number of nitrogens with zero attached hydrogens (tertiary/aromatic N) is 3. The second kappa shape index (κ2) is 6.35. The van der Waals surface area contributed by atoms with Crippen molar-refractivity contribution in [1.29, 1.82) is 0 Å². The van der Waals surface area contributed by atoms with Crippen molar-refractivity contribution >= 4 is 23.3 Å². The van der Waals surface area contributed by atoms with Gasteiger partial charge in [-0.05, 0) is 38.1 Å². The quantitative estimate of drug-likeness (QED) is 0.931. The van der Waals surface area contributed by atoms with E-state index < -0.39 is 6.04 Å². The van der Waals surface area contributed by atoms with E-state index in [2.05, 4.69) is 10.4 Å². The van der Waals surface area contributed by atoms with Crippen molar-refractivity contribution in [3.8, 4) is 5.75 Å².